The topological polar surface area (TPSA) is 120 Å². The second-order valence-electron chi connectivity index (χ2n) is 6.46. The fourth-order valence-corrected chi connectivity index (χ4v) is 3.95. The Hall–Kier alpha value is -0.900. The van der Waals surface area contributed by atoms with E-state index in [-0.39, 0.29) is 18.6 Å². The number of nitrogens with zero attached hydrogens (tertiary/aromatic N) is 1. The average Bonchev–Trinajstić information content (AvgIpc) is 2.49. The van der Waals surface area contributed by atoms with Crippen molar-refractivity contribution in [3.63, 3.8) is 0 Å². The first-order chi connectivity index (χ1) is 12.0. The Morgan fingerprint density at radius 1 is 1.31 bits per heavy atom. The third-order valence-electron chi connectivity index (χ3n) is 3.17. The highest BCUT2D eigenvalue weighted by atomic mass is 32.7. The molecule has 1 unspecified atom stereocenters. The van der Waals surface area contributed by atoms with E-state index in [2.05, 4.69) is 17.2 Å². The summed E-state index contributed by atoms with van der Waals surface area (Å²) in [5.74, 6) is 0.209. The molecule has 0 saturated heterocycles. The van der Waals surface area contributed by atoms with Gasteiger partial charge in [0.15, 0.2) is 6.23 Å². The van der Waals surface area contributed by atoms with E-state index in [9.17, 15) is 19.3 Å². The number of H-pyrrole nitrogens is 1. The summed E-state index contributed by atoms with van der Waals surface area (Å²) in [6, 6.07) is 1.15. The molecule has 11 heteroatoms. The maximum Gasteiger partial charge on any atom is 0.386 e. The molecule has 26 heavy (non-hydrogen) atoms. The Kier molecular flexibility index (Phi) is 9.29. The molecule has 0 aliphatic heterocycles. The van der Waals surface area contributed by atoms with Crippen molar-refractivity contribution < 1.29 is 23.5 Å². The van der Waals surface area contributed by atoms with Crippen LogP contribution in [-0.2, 0) is 18.3 Å². The molecule has 0 bridgehead atoms. The Labute approximate surface area is 157 Å². The zero-order chi connectivity index (χ0) is 19.9. The van der Waals surface area contributed by atoms with Gasteiger partial charge in [-0.3, -0.25) is 23.4 Å². The number of hydrogen-bond donors (Lipinski definition) is 3. The Morgan fingerprint density at radius 3 is 2.46 bits per heavy atom. The maximum absolute atomic E-state index is 12.2. The molecule has 0 aliphatic rings. The van der Waals surface area contributed by atoms with Crippen LogP contribution in [0.3, 0.4) is 0 Å². The largest absolute Gasteiger partial charge is 0.392 e. The van der Waals surface area contributed by atoms with Gasteiger partial charge in [0.2, 0.25) is 0 Å². The summed E-state index contributed by atoms with van der Waals surface area (Å²) >= 11 is 3.91. The molecule has 0 fully saturated rings. The minimum Gasteiger partial charge on any atom is -0.392 e. The number of aromatic amines is 1. The Morgan fingerprint density at radius 2 is 1.96 bits per heavy atom. The fraction of sp³-hybridized carbons (Fsp3) is 0.733. The van der Waals surface area contributed by atoms with Crippen LogP contribution in [0.5, 0.6) is 0 Å². The number of ether oxygens (including phenoxy) is 1. The maximum atomic E-state index is 12.2. The van der Waals surface area contributed by atoms with Crippen LogP contribution in [0.2, 0.25) is 0 Å². The molecule has 0 amide bonds. The molecule has 1 rings (SSSR count). The number of aromatic nitrogens is 2. The molecule has 1 heterocycles. The summed E-state index contributed by atoms with van der Waals surface area (Å²) in [6.07, 6.45) is -0.183. The van der Waals surface area contributed by atoms with Crippen LogP contribution >= 0.6 is 19.0 Å². The van der Waals surface area contributed by atoms with Crippen molar-refractivity contribution >= 4 is 19.0 Å². The number of hydrogen-bond acceptors (Lipinski definition) is 7. The van der Waals surface area contributed by atoms with E-state index < -0.39 is 37.0 Å². The van der Waals surface area contributed by atoms with Gasteiger partial charge in [-0.15, -0.1) is 0 Å². The Balaban J connectivity index is 2.89. The number of aliphatic hydroxyl groups excluding tert-OH is 1. The molecule has 3 atom stereocenters. The zero-order valence-corrected chi connectivity index (χ0v) is 17.1. The smallest absolute Gasteiger partial charge is 0.386 e. The first kappa shape index (κ1) is 23.1. The van der Waals surface area contributed by atoms with Gasteiger partial charge in [-0.1, -0.05) is 26.1 Å². The molecule has 150 valence electrons. The number of thiol groups is 1. The van der Waals surface area contributed by atoms with E-state index in [0.717, 1.165) is 10.6 Å². The molecule has 2 N–H and O–H groups in total. The summed E-state index contributed by atoms with van der Waals surface area (Å²) in [4.78, 5) is 25.2. The van der Waals surface area contributed by atoms with Crippen molar-refractivity contribution in [2.45, 2.75) is 52.6 Å². The lowest BCUT2D eigenvalue weighted by atomic mass is 10.1. The lowest BCUT2D eigenvalue weighted by molar-refractivity contribution is -0.102. The van der Waals surface area contributed by atoms with Gasteiger partial charge in [0.05, 0.1) is 25.4 Å². The van der Waals surface area contributed by atoms with E-state index in [0.29, 0.717) is 6.42 Å². The van der Waals surface area contributed by atoms with Crippen molar-refractivity contribution in [2.75, 3.05) is 13.2 Å². The summed E-state index contributed by atoms with van der Waals surface area (Å²) in [5, 5.41) is 9.59. The van der Waals surface area contributed by atoms with Crippen LogP contribution in [-0.4, -0.2) is 40.1 Å². The third kappa shape index (κ3) is 8.20. The highest BCUT2D eigenvalue weighted by molar-refractivity contribution is 8.44. The van der Waals surface area contributed by atoms with E-state index in [4.69, 9.17) is 13.8 Å². The van der Waals surface area contributed by atoms with Gasteiger partial charge < -0.3 is 9.84 Å². The predicted octanol–water partition coefficient (Wildman–Crippen LogP) is 1.94. The average molecular weight is 410 g/mol. The number of nitrogens with one attached hydrogen (secondary N) is 1. The van der Waals surface area contributed by atoms with E-state index in [1.807, 2.05) is 13.8 Å². The van der Waals surface area contributed by atoms with Gasteiger partial charge in [0, 0.05) is 12.3 Å². The molecule has 0 saturated carbocycles. The normalized spacial score (nSPS) is 16.6. The van der Waals surface area contributed by atoms with Crippen LogP contribution in [0.15, 0.2) is 21.9 Å². The van der Waals surface area contributed by atoms with Crippen molar-refractivity contribution in [3.05, 3.63) is 33.1 Å². The van der Waals surface area contributed by atoms with Crippen molar-refractivity contribution in [1.29, 1.82) is 0 Å². The molecule has 0 radical (unpaired) electrons. The predicted molar refractivity (Wildman–Crippen MR) is 101 cm³/mol. The summed E-state index contributed by atoms with van der Waals surface area (Å²) in [7, 11) is 0. The quantitative estimate of drug-likeness (QED) is 0.377. The van der Waals surface area contributed by atoms with Crippen LogP contribution in [0.25, 0.3) is 0 Å². The number of aliphatic hydroxyl groups is 1. The van der Waals surface area contributed by atoms with E-state index >= 15 is 0 Å². The van der Waals surface area contributed by atoms with Crippen molar-refractivity contribution in [1.82, 2.24) is 9.55 Å². The van der Waals surface area contributed by atoms with Crippen LogP contribution < -0.4 is 11.2 Å². The van der Waals surface area contributed by atoms with Crippen molar-refractivity contribution in [3.8, 4) is 0 Å². The standard InChI is InChI=1S/C15H27N2O7PS/c1-10(2)7-12(9-22-25(21,26)24-11(3)4)23-14(8-18)17-6-5-13(19)16-15(17)20/h5-6,10-12,14,18H,7-9H2,1-4H3,(H,21,26)(H,16,19,20)/t12-,14-,25?/m1/s1. The van der Waals surface area contributed by atoms with Gasteiger partial charge in [0.25, 0.3) is 5.56 Å². The first-order valence-electron chi connectivity index (χ1n) is 8.27. The highest BCUT2D eigenvalue weighted by Crippen LogP contribution is 2.54. The molecular formula is C15H27N2O7PS. The highest BCUT2D eigenvalue weighted by Gasteiger charge is 2.26. The molecule has 1 aromatic rings. The molecular weight excluding hydrogens is 383 g/mol. The zero-order valence-electron chi connectivity index (χ0n) is 15.3. The van der Waals surface area contributed by atoms with Gasteiger partial charge in [-0.2, -0.15) is 0 Å². The minimum absolute atomic E-state index is 0.0969. The fourth-order valence-electron chi connectivity index (χ4n) is 2.24. The summed E-state index contributed by atoms with van der Waals surface area (Å²) in [6.45, 7) is 3.19. The van der Waals surface area contributed by atoms with Crippen molar-refractivity contribution in [2.24, 2.45) is 5.92 Å². The first-order valence-corrected chi connectivity index (χ1v) is 11.0. The monoisotopic (exact) mass is 410 g/mol. The molecule has 1 aromatic heterocycles. The van der Waals surface area contributed by atoms with Gasteiger partial charge >= 0.3 is 12.5 Å². The van der Waals surface area contributed by atoms with Gasteiger partial charge in [-0.25, -0.2) is 9.36 Å². The number of rotatable bonds is 11. The van der Waals surface area contributed by atoms with E-state index in [1.165, 1.54) is 6.20 Å². The molecule has 0 aliphatic carbocycles. The van der Waals surface area contributed by atoms with Crippen LogP contribution in [0.4, 0.5) is 0 Å². The summed E-state index contributed by atoms with van der Waals surface area (Å²) < 4.78 is 29.4. The van der Waals surface area contributed by atoms with Crippen LogP contribution in [0.1, 0.15) is 40.3 Å². The van der Waals surface area contributed by atoms with E-state index in [1.54, 1.807) is 13.8 Å². The molecule has 9 nitrogen and oxygen atoms in total. The summed E-state index contributed by atoms with van der Waals surface area (Å²) in [5.41, 5.74) is -1.25. The Bertz CT molecular complexity index is 718. The van der Waals surface area contributed by atoms with Crippen LogP contribution in [0, 0.1) is 5.92 Å². The SMILES string of the molecule is CC(C)C[C@H](COP(=O)(S)OC(C)C)O[C@H](CO)n1ccc(=O)[nH]c1=O. The molecule has 0 spiro atoms. The second kappa shape index (κ2) is 10.4. The molecule has 0 aromatic carbocycles. The van der Waals surface area contributed by atoms with Gasteiger partial charge in [0.1, 0.15) is 0 Å². The lowest BCUT2D eigenvalue weighted by Gasteiger charge is -2.27. The minimum atomic E-state index is -3.55. The van der Waals surface area contributed by atoms with Gasteiger partial charge in [-0.05, 0) is 26.2 Å². The third-order valence-corrected chi connectivity index (χ3v) is 4.96. The lowest BCUT2D eigenvalue weighted by Crippen LogP contribution is -2.36. The second-order valence-corrected chi connectivity index (χ2v) is 9.34.